The standard InChI is InChI=1S/C36H64NO8P/c1-3-5-7-9-11-13-14-15-16-17-18-19-20-21-23-25-27-29-36(39)45-34(33-44-46(40,41)43-31-30-37)32-42-35(38)28-26-24-22-12-10-8-6-4-2/h5,7,11,13,15-16,18-19,34H,3-4,6,8-10,12,14,17,20-33,37H2,1-2H3,(H,40,41)/b7-5-,13-11-,16-15-,19-18-. The highest BCUT2D eigenvalue weighted by Crippen LogP contribution is 2.43. The van der Waals surface area contributed by atoms with Gasteiger partial charge < -0.3 is 20.1 Å². The van der Waals surface area contributed by atoms with Crippen LogP contribution in [0.15, 0.2) is 48.6 Å². The molecule has 2 unspecified atom stereocenters. The molecule has 0 aliphatic carbocycles. The molecule has 9 nitrogen and oxygen atoms in total. The van der Waals surface area contributed by atoms with Crippen molar-refractivity contribution >= 4 is 19.8 Å². The predicted molar refractivity (Wildman–Crippen MR) is 187 cm³/mol. The molecule has 0 aromatic rings. The Kier molecular flexibility index (Phi) is 31.4. The van der Waals surface area contributed by atoms with E-state index in [-0.39, 0.29) is 32.6 Å². The van der Waals surface area contributed by atoms with Crippen molar-refractivity contribution in [2.24, 2.45) is 5.73 Å². The summed E-state index contributed by atoms with van der Waals surface area (Å²) in [7, 11) is -4.37. The Morgan fingerprint density at radius 2 is 1.20 bits per heavy atom. The molecule has 0 radical (unpaired) electrons. The number of carbonyl (C=O) groups is 2. The van der Waals surface area contributed by atoms with Crippen LogP contribution in [0.4, 0.5) is 0 Å². The summed E-state index contributed by atoms with van der Waals surface area (Å²) in [5, 5.41) is 0. The quantitative estimate of drug-likeness (QED) is 0.0311. The molecular weight excluding hydrogens is 605 g/mol. The average Bonchev–Trinajstić information content (AvgIpc) is 3.04. The third kappa shape index (κ3) is 31.9. The Labute approximate surface area is 279 Å². The summed E-state index contributed by atoms with van der Waals surface area (Å²) in [4.78, 5) is 34.5. The fourth-order valence-electron chi connectivity index (χ4n) is 4.39. The van der Waals surface area contributed by atoms with Crippen molar-refractivity contribution in [3.05, 3.63) is 48.6 Å². The lowest BCUT2D eigenvalue weighted by Crippen LogP contribution is -2.29. The van der Waals surface area contributed by atoms with Gasteiger partial charge in [-0.05, 0) is 51.4 Å². The van der Waals surface area contributed by atoms with E-state index in [1.807, 2.05) is 0 Å². The van der Waals surface area contributed by atoms with Crippen LogP contribution in [0.25, 0.3) is 0 Å². The molecule has 0 aromatic heterocycles. The summed E-state index contributed by atoms with van der Waals surface area (Å²) in [5.41, 5.74) is 5.31. The maximum atomic E-state index is 12.5. The lowest BCUT2D eigenvalue weighted by atomic mass is 10.1. The number of hydrogen-bond donors (Lipinski definition) is 2. The maximum Gasteiger partial charge on any atom is 0.472 e. The number of rotatable bonds is 32. The number of esters is 2. The molecule has 10 heteroatoms. The zero-order valence-electron chi connectivity index (χ0n) is 28.8. The summed E-state index contributed by atoms with van der Waals surface area (Å²) >= 11 is 0. The lowest BCUT2D eigenvalue weighted by molar-refractivity contribution is -0.161. The first-order chi connectivity index (χ1) is 22.3. The van der Waals surface area contributed by atoms with Gasteiger partial charge in [-0.1, -0.05) is 120 Å². The van der Waals surface area contributed by atoms with Crippen molar-refractivity contribution in [2.45, 2.75) is 142 Å². The van der Waals surface area contributed by atoms with Crippen LogP contribution in [-0.4, -0.2) is 49.3 Å². The largest absolute Gasteiger partial charge is 0.472 e. The van der Waals surface area contributed by atoms with E-state index in [0.717, 1.165) is 70.6 Å². The fourth-order valence-corrected chi connectivity index (χ4v) is 5.15. The fraction of sp³-hybridized carbons (Fsp3) is 0.722. The Morgan fingerprint density at radius 1 is 0.674 bits per heavy atom. The van der Waals surface area contributed by atoms with Gasteiger partial charge >= 0.3 is 19.8 Å². The molecule has 0 fully saturated rings. The first-order valence-electron chi connectivity index (χ1n) is 17.6. The van der Waals surface area contributed by atoms with Gasteiger partial charge in [0, 0.05) is 19.4 Å². The summed E-state index contributed by atoms with van der Waals surface area (Å²) in [6.45, 7) is 3.52. The number of carbonyl (C=O) groups excluding carboxylic acids is 2. The van der Waals surface area contributed by atoms with E-state index in [1.165, 1.54) is 32.1 Å². The van der Waals surface area contributed by atoms with Gasteiger partial charge in [-0.2, -0.15) is 0 Å². The molecule has 46 heavy (non-hydrogen) atoms. The minimum absolute atomic E-state index is 0.0477. The van der Waals surface area contributed by atoms with E-state index in [1.54, 1.807) is 0 Å². The number of unbranched alkanes of at least 4 members (excludes halogenated alkanes) is 11. The maximum absolute atomic E-state index is 12.5. The van der Waals surface area contributed by atoms with Crippen molar-refractivity contribution in [2.75, 3.05) is 26.4 Å². The molecule has 0 aliphatic heterocycles. The number of ether oxygens (including phenoxy) is 2. The summed E-state index contributed by atoms with van der Waals surface area (Å²) < 4.78 is 32.5. The van der Waals surface area contributed by atoms with Crippen LogP contribution in [0.2, 0.25) is 0 Å². The average molecular weight is 670 g/mol. The second-order valence-corrected chi connectivity index (χ2v) is 12.8. The first kappa shape index (κ1) is 44.0. The van der Waals surface area contributed by atoms with Crippen molar-refractivity contribution in [1.82, 2.24) is 0 Å². The van der Waals surface area contributed by atoms with Gasteiger partial charge in [0.05, 0.1) is 13.2 Å². The molecule has 0 aromatic carbocycles. The van der Waals surface area contributed by atoms with Crippen molar-refractivity contribution in [3.63, 3.8) is 0 Å². The number of nitrogens with two attached hydrogens (primary N) is 1. The third-order valence-electron chi connectivity index (χ3n) is 6.98. The number of hydrogen-bond acceptors (Lipinski definition) is 8. The molecule has 0 bridgehead atoms. The van der Waals surface area contributed by atoms with Crippen LogP contribution in [0.3, 0.4) is 0 Å². The molecule has 0 rings (SSSR count). The van der Waals surface area contributed by atoms with Crippen LogP contribution >= 0.6 is 7.82 Å². The monoisotopic (exact) mass is 669 g/mol. The third-order valence-corrected chi connectivity index (χ3v) is 7.96. The highest BCUT2D eigenvalue weighted by molar-refractivity contribution is 7.47. The van der Waals surface area contributed by atoms with Gasteiger partial charge in [-0.3, -0.25) is 18.6 Å². The SMILES string of the molecule is CC/C=C\C/C=C\C/C=C\C/C=C\CCCCCCC(=O)OC(COC(=O)CCCCCCCCCC)COP(=O)(O)OCCN. The van der Waals surface area contributed by atoms with E-state index < -0.39 is 32.5 Å². The van der Waals surface area contributed by atoms with Crippen molar-refractivity contribution < 1.29 is 37.6 Å². The summed E-state index contributed by atoms with van der Waals surface area (Å²) in [5.74, 6) is -0.867. The normalized spacial score (nSPS) is 14.1. The smallest absolute Gasteiger partial charge is 0.462 e. The van der Waals surface area contributed by atoms with Crippen LogP contribution in [0.5, 0.6) is 0 Å². The van der Waals surface area contributed by atoms with Gasteiger partial charge in [0.2, 0.25) is 0 Å². The van der Waals surface area contributed by atoms with Gasteiger partial charge in [-0.25, -0.2) is 4.57 Å². The zero-order valence-corrected chi connectivity index (χ0v) is 29.7. The van der Waals surface area contributed by atoms with Crippen LogP contribution in [0.1, 0.15) is 136 Å². The van der Waals surface area contributed by atoms with Gasteiger partial charge in [0.25, 0.3) is 0 Å². The Balaban J connectivity index is 4.29. The topological polar surface area (TPSA) is 134 Å². The number of phosphoric acid groups is 1. The Morgan fingerprint density at radius 3 is 1.78 bits per heavy atom. The minimum Gasteiger partial charge on any atom is -0.462 e. The summed E-state index contributed by atoms with van der Waals surface area (Å²) in [6, 6.07) is 0. The van der Waals surface area contributed by atoms with E-state index in [4.69, 9.17) is 24.3 Å². The van der Waals surface area contributed by atoms with Crippen LogP contribution < -0.4 is 5.73 Å². The van der Waals surface area contributed by atoms with Gasteiger partial charge in [0.1, 0.15) is 6.61 Å². The molecule has 0 spiro atoms. The first-order valence-corrected chi connectivity index (χ1v) is 19.1. The highest BCUT2D eigenvalue weighted by atomic mass is 31.2. The van der Waals surface area contributed by atoms with E-state index in [9.17, 15) is 19.0 Å². The van der Waals surface area contributed by atoms with E-state index in [2.05, 4.69) is 62.5 Å². The summed E-state index contributed by atoms with van der Waals surface area (Å²) in [6.07, 6.45) is 34.4. The predicted octanol–water partition coefficient (Wildman–Crippen LogP) is 9.21. The Hall–Kier alpha value is -2.03. The second-order valence-electron chi connectivity index (χ2n) is 11.4. The molecule has 0 saturated heterocycles. The van der Waals surface area contributed by atoms with E-state index >= 15 is 0 Å². The lowest BCUT2D eigenvalue weighted by Gasteiger charge is -2.19. The Bertz CT molecular complexity index is 902. The van der Waals surface area contributed by atoms with Gasteiger partial charge in [0.15, 0.2) is 6.10 Å². The van der Waals surface area contributed by atoms with Crippen molar-refractivity contribution in [1.29, 1.82) is 0 Å². The van der Waals surface area contributed by atoms with Crippen LogP contribution in [-0.2, 0) is 32.7 Å². The number of allylic oxidation sites excluding steroid dienone is 8. The number of phosphoric ester groups is 1. The molecule has 0 aliphatic rings. The van der Waals surface area contributed by atoms with Crippen LogP contribution in [0, 0.1) is 0 Å². The molecular formula is C36H64NO8P. The van der Waals surface area contributed by atoms with E-state index in [0.29, 0.717) is 6.42 Å². The van der Waals surface area contributed by atoms with Gasteiger partial charge in [-0.15, -0.1) is 0 Å². The molecule has 0 heterocycles. The molecule has 0 saturated carbocycles. The molecule has 2 atom stereocenters. The van der Waals surface area contributed by atoms with Crippen molar-refractivity contribution in [3.8, 4) is 0 Å². The highest BCUT2D eigenvalue weighted by Gasteiger charge is 2.25. The second kappa shape index (κ2) is 32.9. The minimum atomic E-state index is -4.37. The molecule has 266 valence electrons. The molecule has 0 amide bonds. The molecule has 3 N–H and O–H groups in total. The zero-order chi connectivity index (χ0) is 34.0.